The van der Waals surface area contributed by atoms with Gasteiger partial charge in [0.1, 0.15) is 5.25 Å². The van der Waals surface area contributed by atoms with E-state index in [-0.39, 0.29) is 17.1 Å². The molecular formula is C20H18O3S2. The second-order valence-electron chi connectivity index (χ2n) is 5.86. The van der Waals surface area contributed by atoms with Crippen LogP contribution in [0.5, 0.6) is 0 Å². The van der Waals surface area contributed by atoms with Gasteiger partial charge in [-0.2, -0.15) is 0 Å². The Bertz CT molecular complexity index is 942. The van der Waals surface area contributed by atoms with Gasteiger partial charge >= 0.3 is 0 Å². The third-order valence-electron chi connectivity index (χ3n) is 4.05. The summed E-state index contributed by atoms with van der Waals surface area (Å²) in [6.45, 7) is 1.95. The summed E-state index contributed by atoms with van der Waals surface area (Å²) in [5.41, 5.74) is 1.60. The SMILES string of the molecule is Cc1ccc(C(=O)C[C@@H](c2cccs2)S(=O)(=O)c2ccccc2)cc1. The van der Waals surface area contributed by atoms with E-state index in [0.29, 0.717) is 10.4 Å². The van der Waals surface area contributed by atoms with Crippen LogP contribution in [0.2, 0.25) is 0 Å². The molecule has 25 heavy (non-hydrogen) atoms. The lowest BCUT2D eigenvalue weighted by atomic mass is 10.0. The van der Waals surface area contributed by atoms with Gasteiger partial charge in [0.2, 0.25) is 0 Å². The molecule has 0 aliphatic carbocycles. The molecule has 1 atom stereocenters. The first-order chi connectivity index (χ1) is 12.0. The van der Waals surface area contributed by atoms with Gasteiger partial charge in [0.15, 0.2) is 15.6 Å². The lowest BCUT2D eigenvalue weighted by Gasteiger charge is -2.16. The Morgan fingerprint density at radius 1 is 0.960 bits per heavy atom. The third kappa shape index (κ3) is 3.89. The summed E-state index contributed by atoms with van der Waals surface area (Å²) in [4.78, 5) is 13.6. The molecule has 0 radical (unpaired) electrons. The molecule has 0 saturated carbocycles. The predicted octanol–water partition coefficient (Wildman–Crippen LogP) is 4.84. The Morgan fingerprint density at radius 3 is 2.24 bits per heavy atom. The highest BCUT2D eigenvalue weighted by Crippen LogP contribution is 2.35. The summed E-state index contributed by atoms with van der Waals surface area (Å²) >= 11 is 1.36. The third-order valence-corrected chi connectivity index (χ3v) is 7.29. The first-order valence-corrected chi connectivity index (χ1v) is 10.3. The summed E-state index contributed by atoms with van der Waals surface area (Å²) < 4.78 is 26.2. The Hall–Kier alpha value is -2.24. The largest absolute Gasteiger partial charge is 0.294 e. The predicted molar refractivity (Wildman–Crippen MR) is 101 cm³/mol. The van der Waals surface area contributed by atoms with Crippen LogP contribution in [0.15, 0.2) is 77.0 Å². The van der Waals surface area contributed by atoms with Crippen LogP contribution < -0.4 is 0 Å². The van der Waals surface area contributed by atoms with Crippen molar-refractivity contribution in [1.82, 2.24) is 0 Å². The van der Waals surface area contributed by atoms with Crippen molar-refractivity contribution in [2.75, 3.05) is 0 Å². The topological polar surface area (TPSA) is 51.2 Å². The molecule has 0 bridgehead atoms. The van der Waals surface area contributed by atoms with Crippen molar-refractivity contribution < 1.29 is 13.2 Å². The van der Waals surface area contributed by atoms with Crippen LogP contribution in [0.3, 0.4) is 0 Å². The zero-order valence-corrected chi connectivity index (χ0v) is 15.4. The smallest absolute Gasteiger partial charge is 0.186 e. The molecule has 3 rings (SSSR count). The fraction of sp³-hybridized carbons (Fsp3) is 0.150. The summed E-state index contributed by atoms with van der Waals surface area (Å²) in [5, 5.41) is 0.961. The van der Waals surface area contributed by atoms with E-state index in [1.165, 1.54) is 11.3 Å². The normalized spacial score (nSPS) is 12.7. The van der Waals surface area contributed by atoms with E-state index in [0.717, 1.165) is 5.56 Å². The van der Waals surface area contributed by atoms with Gasteiger partial charge in [-0.25, -0.2) is 8.42 Å². The van der Waals surface area contributed by atoms with Gasteiger partial charge in [-0.3, -0.25) is 4.79 Å². The van der Waals surface area contributed by atoms with Crippen LogP contribution in [0.25, 0.3) is 0 Å². The molecule has 128 valence electrons. The molecule has 2 aromatic carbocycles. The van der Waals surface area contributed by atoms with Crippen LogP contribution in [0.4, 0.5) is 0 Å². The first-order valence-electron chi connectivity index (χ1n) is 7.90. The van der Waals surface area contributed by atoms with Crippen molar-refractivity contribution in [2.24, 2.45) is 0 Å². The number of carbonyl (C=O) groups excluding carboxylic acids is 1. The van der Waals surface area contributed by atoms with Gasteiger partial charge in [-0.15, -0.1) is 11.3 Å². The Labute approximate surface area is 151 Å². The minimum absolute atomic E-state index is 0.0686. The van der Waals surface area contributed by atoms with E-state index in [2.05, 4.69) is 0 Å². The van der Waals surface area contributed by atoms with E-state index in [1.54, 1.807) is 48.5 Å². The highest BCUT2D eigenvalue weighted by molar-refractivity contribution is 7.91. The van der Waals surface area contributed by atoms with Crippen molar-refractivity contribution >= 4 is 27.0 Å². The molecule has 1 heterocycles. The number of ketones is 1. The molecule has 0 spiro atoms. The number of hydrogen-bond donors (Lipinski definition) is 0. The molecular weight excluding hydrogens is 352 g/mol. The summed E-state index contributed by atoms with van der Waals surface area (Å²) in [6.07, 6.45) is -0.0686. The Balaban J connectivity index is 1.96. The average Bonchev–Trinajstić information content (AvgIpc) is 3.15. The zero-order valence-electron chi connectivity index (χ0n) is 13.8. The first kappa shape index (κ1) is 17.6. The maximum Gasteiger partial charge on any atom is 0.186 e. The lowest BCUT2D eigenvalue weighted by molar-refractivity contribution is 0.0981. The molecule has 0 saturated heterocycles. The van der Waals surface area contributed by atoms with Crippen molar-refractivity contribution in [2.45, 2.75) is 23.5 Å². The van der Waals surface area contributed by atoms with E-state index in [4.69, 9.17) is 0 Å². The van der Waals surface area contributed by atoms with Crippen LogP contribution in [0, 0.1) is 6.92 Å². The van der Waals surface area contributed by atoms with Crippen molar-refractivity contribution in [3.63, 3.8) is 0 Å². The minimum Gasteiger partial charge on any atom is -0.294 e. The number of carbonyl (C=O) groups is 1. The molecule has 0 amide bonds. The molecule has 0 aliphatic rings. The number of hydrogen-bond acceptors (Lipinski definition) is 4. The summed E-state index contributed by atoms with van der Waals surface area (Å²) in [7, 11) is -3.65. The molecule has 0 aliphatic heterocycles. The summed E-state index contributed by atoms with van der Waals surface area (Å²) in [5.74, 6) is -0.169. The fourth-order valence-corrected chi connectivity index (χ4v) is 5.51. The molecule has 0 fully saturated rings. The van der Waals surface area contributed by atoms with Gasteiger partial charge in [0.05, 0.1) is 4.90 Å². The minimum atomic E-state index is -3.65. The number of sulfone groups is 1. The maximum atomic E-state index is 13.1. The molecule has 3 nitrogen and oxygen atoms in total. The second-order valence-corrected chi connectivity index (χ2v) is 8.97. The van der Waals surface area contributed by atoms with Crippen LogP contribution in [0.1, 0.15) is 32.5 Å². The van der Waals surface area contributed by atoms with E-state index in [1.807, 2.05) is 30.5 Å². The highest BCUT2D eigenvalue weighted by Gasteiger charge is 2.32. The lowest BCUT2D eigenvalue weighted by Crippen LogP contribution is -2.17. The molecule has 5 heteroatoms. The Morgan fingerprint density at radius 2 is 1.64 bits per heavy atom. The van der Waals surface area contributed by atoms with Crippen molar-refractivity contribution in [3.8, 4) is 0 Å². The maximum absolute atomic E-state index is 13.1. The standard InChI is InChI=1S/C20H18O3S2/c1-15-9-11-16(12-10-15)18(21)14-20(19-8-5-13-24-19)25(22,23)17-6-3-2-4-7-17/h2-13,20H,14H2,1H3/t20-/m0/s1. The van der Waals surface area contributed by atoms with Crippen molar-refractivity contribution in [1.29, 1.82) is 0 Å². The number of thiophene rings is 1. The van der Waals surface area contributed by atoms with E-state index < -0.39 is 15.1 Å². The van der Waals surface area contributed by atoms with Crippen LogP contribution in [-0.4, -0.2) is 14.2 Å². The van der Waals surface area contributed by atoms with Gasteiger partial charge < -0.3 is 0 Å². The number of aryl methyl sites for hydroxylation is 1. The van der Waals surface area contributed by atoms with Crippen molar-refractivity contribution in [3.05, 3.63) is 88.1 Å². The summed E-state index contributed by atoms with van der Waals surface area (Å²) in [6, 6.07) is 19.1. The van der Waals surface area contributed by atoms with E-state index in [9.17, 15) is 13.2 Å². The molecule has 1 aromatic heterocycles. The fourth-order valence-electron chi connectivity index (χ4n) is 2.64. The second kappa shape index (κ2) is 7.33. The van der Waals surface area contributed by atoms with Gasteiger partial charge in [0, 0.05) is 16.9 Å². The Kier molecular flexibility index (Phi) is 5.16. The van der Waals surface area contributed by atoms with Crippen LogP contribution >= 0.6 is 11.3 Å². The quantitative estimate of drug-likeness (QED) is 0.583. The van der Waals surface area contributed by atoms with Gasteiger partial charge in [-0.05, 0) is 30.5 Å². The van der Waals surface area contributed by atoms with Crippen LogP contribution in [-0.2, 0) is 9.84 Å². The van der Waals surface area contributed by atoms with Gasteiger partial charge in [0.25, 0.3) is 0 Å². The number of benzene rings is 2. The van der Waals surface area contributed by atoms with Gasteiger partial charge in [-0.1, -0.05) is 54.1 Å². The highest BCUT2D eigenvalue weighted by atomic mass is 32.2. The average molecular weight is 370 g/mol. The molecule has 3 aromatic rings. The number of Topliss-reactive ketones (excluding diaryl/α,β-unsaturated/α-hetero) is 1. The van der Waals surface area contributed by atoms with E-state index >= 15 is 0 Å². The number of rotatable bonds is 6. The monoisotopic (exact) mass is 370 g/mol. The molecule has 0 N–H and O–H groups in total. The zero-order chi connectivity index (χ0) is 17.9. The molecule has 0 unspecified atom stereocenters.